The maximum absolute atomic E-state index is 12.4. The third kappa shape index (κ3) is 3.91. The van der Waals surface area contributed by atoms with Crippen molar-refractivity contribution in [1.29, 1.82) is 0 Å². The summed E-state index contributed by atoms with van der Waals surface area (Å²) in [4.78, 5) is 14.8. The predicted octanol–water partition coefficient (Wildman–Crippen LogP) is 4.36. The van der Waals surface area contributed by atoms with Crippen LogP contribution in [0.5, 0.6) is 0 Å². The van der Waals surface area contributed by atoms with Crippen LogP contribution < -0.4 is 5.32 Å². The lowest BCUT2D eigenvalue weighted by Gasteiger charge is -2.30. The van der Waals surface area contributed by atoms with Crippen molar-refractivity contribution in [2.75, 3.05) is 13.1 Å². The highest BCUT2D eigenvalue weighted by Gasteiger charge is 2.15. The predicted molar refractivity (Wildman–Crippen MR) is 107 cm³/mol. The van der Waals surface area contributed by atoms with E-state index in [0.717, 1.165) is 33.8 Å². The molecule has 138 valence electrons. The third-order valence-electron chi connectivity index (χ3n) is 4.91. The number of furan rings is 1. The summed E-state index contributed by atoms with van der Waals surface area (Å²) in [5, 5.41) is 6.39. The molecule has 0 unspecified atom stereocenters. The lowest BCUT2D eigenvalue weighted by atomic mass is 10.0. The van der Waals surface area contributed by atoms with Gasteiger partial charge in [-0.1, -0.05) is 30.3 Å². The number of hydrogen-bond acceptors (Lipinski definition) is 3. The van der Waals surface area contributed by atoms with Crippen LogP contribution in [0.2, 0.25) is 0 Å². The van der Waals surface area contributed by atoms with Crippen molar-refractivity contribution in [3.8, 4) is 0 Å². The lowest BCUT2D eigenvalue weighted by Crippen LogP contribution is -2.42. The van der Waals surface area contributed by atoms with Crippen LogP contribution in [-0.4, -0.2) is 36.0 Å². The molecule has 0 atom stereocenters. The van der Waals surface area contributed by atoms with Crippen molar-refractivity contribution in [1.82, 2.24) is 10.2 Å². The molecule has 1 amide bonds. The standard InChI is InChI=1S/C22H28N2O2/c1-15(2)24(16(3)4)12-11-23-21(25)13-18-14-26-20-10-9-17-7-5-6-8-19(17)22(18)20/h5-10,14-16H,11-13H2,1-4H3,(H,23,25). The molecule has 1 heterocycles. The van der Waals surface area contributed by atoms with Crippen LogP contribution in [0.4, 0.5) is 0 Å². The van der Waals surface area contributed by atoms with Crippen LogP contribution in [0.1, 0.15) is 33.3 Å². The fraction of sp³-hybridized carbons (Fsp3) is 0.409. The van der Waals surface area contributed by atoms with Crippen LogP contribution in [0, 0.1) is 0 Å². The van der Waals surface area contributed by atoms with Gasteiger partial charge in [-0.15, -0.1) is 0 Å². The van der Waals surface area contributed by atoms with Gasteiger partial charge in [-0.2, -0.15) is 0 Å². The van der Waals surface area contributed by atoms with Gasteiger partial charge in [-0.3, -0.25) is 9.69 Å². The number of nitrogens with one attached hydrogen (secondary N) is 1. The Hall–Kier alpha value is -2.33. The van der Waals surface area contributed by atoms with E-state index in [1.54, 1.807) is 6.26 Å². The number of rotatable bonds is 7. The van der Waals surface area contributed by atoms with Crippen molar-refractivity contribution in [3.05, 3.63) is 48.2 Å². The molecule has 0 spiro atoms. The normalized spacial score (nSPS) is 12.0. The van der Waals surface area contributed by atoms with E-state index in [2.05, 4.69) is 56.1 Å². The molecule has 4 nitrogen and oxygen atoms in total. The van der Waals surface area contributed by atoms with E-state index in [4.69, 9.17) is 4.42 Å². The fourth-order valence-electron chi connectivity index (χ4n) is 3.68. The Labute approximate surface area is 155 Å². The second kappa shape index (κ2) is 7.92. The van der Waals surface area contributed by atoms with Gasteiger partial charge in [0.15, 0.2) is 0 Å². The molecule has 3 aromatic rings. The maximum atomic E-state index is 12.4. The molecular weight excluding hydrogens is 324 g/mol. The van der Waals surface area contributed by atoms with Gasteiger partial charge in [0.05, 0.1) is 12.7 Å². The molecule has 0 saturated carbocycles. The molecule has 26 heavy (non-hydrogen) atoms. The van der Waals surface area contributed by atoms with E-state index in [-0.39, 0.29) is 5.91 Å². The molecule has 1 aromatic heterocycles. The van der Waals surface area contributed by atoms with Crippen LogP contribution in [0.25, 0.3) is 21.7 Å². The van der Waals surface area contributed by atoms with Crippen LogP contribution >= 0.6 is 0 Å². The van der Waals surface area contributed by atoms with E-state index in [1.165, 1.54) is 0 Å². The van der Waals surface area contributed by atoms with E-state index >= 15 is 0 Å². The summed E-state index contributed by atoms with van der Waals surface area (Å²) in [6.45, 7) is 10.3. The first-order chi connectivity index (χ1) is 12.5. The van der Waals surface area contributed by atoms with Gasteiger partial charge in [-0.25, -0.2) is 0 Å². The van der Waals surface area contributed by atoms with Gasteiger partial charge in [0.2, 0.25) is 5.91 Å². The van der Waals surface area contributed by atoms with E-state index < -0.39 is 0 Å². The van der Waals surface area contributed by atoms with Gasteiger partial charge in [0.1, 0.15) is 5.58 Å². The number of amides is 1. The molecule has 0 aliphatic heterocycles. The number of nitrogens with zero attached hydrogens (tertiary/aromatic N) is 1. The second-order valence-electron chi connectivity index (χ2n) is 7.37. The first-order valence-electron chi connectivity index (χ1n) is 9.37. The first-order valence-corrected chi connectivity index (χ1v) is 9.37. The van der Waals surface area contributed by atoms with Crippen LogP contribution in [0.3, 0.4) is 0 Å². The molecule has 0 aliphatic rings. The van der Waals surface area contributed by atoms with Gasteiger partial charge in [0, 0.05) is 36.1 Å². The molecule has 1 N–H and O–H groups in total. The van der Waals surface area contributed by atoms with Gasteiger partial charge < -0.3 is 9.73 Å². The second-order valence-corrected chi connectivity index (χ2v) is 7.37. The summed E-state index contributed by atoms with van der Waals surface area (Å²) in [5.41, 5.74) is 1.77. The monoisotopic (exact) mass is 352 g/mol. The summed E-state index contributed by atoms with van der Waals surface area (Å²) in [6.07, 6.45) is 2.05. The zero-order chi connectivity index (χ0) is 18.7. The average Bonchev–Trinajstić information content (AvgIpc) is 3.01. The SMILES string of the molecule is CC(C)N(CCNC(=O)Cc1coc2ccc3ccccc3c12)C(C)C. The minimum absolute atomic E-state index is 0.0353. The summed E-state index contributed by atoms with van der Waals surface area (Å²) >= 11 is 0. The van der Waals surface area contributed by atoms with Gasteiger partial charge >= 0.3 is 0 Å². The van der Waals surface area contributed by atoms with Crippen molar-refractivity contribution < 1.29 is 9.21 Å². The van der Waals surface area contributed by atoms with Crippen molar-refractivity contribution in [3.63, 3.8) is 0 Å². The summed E-state index contributed by atoms with van der Waals surface area (Å²) in [5.74, 6) is 0.0353. The number of hydrogen-bond donors (Lipinski definition) is 1. The Kier molecular flexibility index (Phi) is 5.62. The molecule has 3 rings (SSSR count). The van der Waals surface area contributed by atoms with Crippen molar-refractivity contribution in [2.24, 2.45) is 0 Å². The quantitative estimate of drug-likeness (QED) is 0.687. The van der Waals surface area contributed by atoms with E-state index in [9.17, 15) is 4.79 Å². The molecular formula is C22H28N2O2. The number of fused-ring (bicyclic) bond motifs is 3. The fourth-order valence-corrected chi connectivity index (χ4v) is 3.68. The minimum atomic E-state index is 0.0353. The molecule has 4 heteroatoms. The highest BCUT2D eigenvalue weighted by Crippen LogP contribution is 2.30. The highest BCUT2D eigenvalue weighted by molar-refractivity contribution is 6.08. The van der Waals surface area contributed by atoms with Crippen molar-refractivity contribution in [2.45, 2.75) is 46.2 Å². The smallest absolute Gasteiger partial charge is 0.224 e. The molecule has 0 saturated heterocycles. The number of carbonyl (C=O) groups excluding carboxylic acids is 1. The highest BCUT2D eigenvalue weighted by atomic mass is 16.3. The molecule has 0 radical (unpaired) electrons. The number of benzene rings is 2. The number of carbonyl (C=O) groups is 1. The molecule has 0 bridgehead atoms. The van der Waals surface area contributed by atoms with E-state index in [1.807, 2.05) is 18.2 Å². The third-order valence-corrected chi connectivity index (χ3v) is 4.91. The largest absolute Gasteiger partial charge is 0.464 e. The first kappa shape index (κ1) is 18.5. The lowest BCUT2D eigenvalue weighted by molar-refractivity contribution is -0.120. The maximum Gasteiger partial charge on any atom is 0.224 e. The Bertz CT molecular complexity index is 887. The Morgan fingerprint density at radius 1 is 1.08 bits per heavy atom. The molecule has 0 aliphatic carbocycles. The van der Waals surface area contributed by atoms with Gasteiger partial charge in [0.25, 0.3) is 0 Å². The molecule has 0 fully saturated rings. The topological polar surface area (TPSA) is 45.5 Å². The Balaban J connectivity index is 1.69. The molecule has 2 aromatic carbocycles. The Morgan fingerprint density at radius 3 is 2.54 bits per heavy atom. The van der Waals surface area contributed by atoms with Gasteiger partial charge in [-0.05, 0) is 44.5 Å². The summed E-state index contributed by atoms with van der Waals surface area (Å²) < 4.78 is 5.68. The Morgan fingerprint density at radius 2 is 1.81 bits per heavy atom. The van der Waals surface area contributed by atoms with Crippen LogP contribution in [-0.2, 0) is 11.2 Å². The zero-order valence-electron chi connectivity index (χ0n) is 16.1. The van der Waals surface area contributed by atoms with Crippen LogP contribution in [0.15, 0.2) is 47.1 Å². The zero-order valence-corrected chi connectivity index (χ0v) is 16.1. The summed E-state index contributed by atoms with van der Waals surface area (Å²) in [7, 11) is 0. The minimum Gasteiger partial charge on any atom is -0.464 e. The van der Waals surface area contributed by atoms with E-state index in [0.29, 0.717) is 25.0 Å². The van der Waals surface area contributed by atoms with Crippen molar-refractivity contribution >= 4 is 27.6 Å². The summed E-state index contributed by atoms with van der Waals surface area (Å²) in [6, 6.07) is 13.2. The average molecular weight is 352 g/mol.